The van der Waals surface area contributed by atoms with Crippen LogP contribution in [0.5, 0.6) is 0 Å². The molecule has 18 heavy (non-hydrogen) atoms. The molecule has 3 aromatic heterocycles. The van der Waals surface area contributed by atoms with Crippen molar-refractivity contribution in [3.63, 3.8) is 0 Å². The largest absolute Gasteiger partial charge is 0.346 e. The highest BCUT2D eigenvalue weighted by molar-refractivity contribution is 7.88. The summed E-state index contributed by atoms with van der Waals surface area (Å²) < 4.78 is 24.4. The van der Waals surface area contributed by atoms with Crippen LogP contribution in [0.15, 0.2) is 18.5 Å². The van der Waals surface area contributed by atoms with Crippen LogP contribution in [0.25, 0.3) is 22.1 Å². The quantitative estimate of drug-likeness (QED) is 0.641. The Morgan fingerprint density at radius 1 is 1.44 bits per heavy atom. The summed E-state index contributed by atoms with van der Waals surface area (Å²) in [4.78, 5) is 14.6. The van der Waals surface area contributed by atoms with Gasteiger partial charge in [-0.05, 0) is 6.07 Å². The van der Waals surface area contributed by atoms with Crippen molar-refractivity contribution in [1.82, 2.24) is 24.7 Å². The number of rotatable bonds is 3. The molecule has 0 atom stereocenters. The van der Waals surface area contributed by atoms with E-state index in [4.69, 9.17) is 0 Å². The fourth-order valence-electron chi connectivity index (χ4n) is 1.81. The molecular weight excluding hydrogens is 254 g/mol. The number of hydrogen-bond acceptors (Lipinski definition) is 4. The first-order valence-corrected chi connectivity index (χ1v) is 7.17. The third kappa shape index (κ3) is 1.95. The number of hydrogen-bond donors (Lipinski definition) is 3. The summed E-state index contributed by atoms with van der Waals surface area (Å²) in [5.74, 6) is 0.561. The van der Waals surface area contributed by atoms with Gasteiger partial charge >= 0.3 is 0 Å². The van der Waals surface area contributed by atoms with Crippen LogP contribution in [-0.2, 0) is 16.6 Å². The number of fused-ring (bicyclic) bond motifs is 3. The van der Waals surface area contributed by atoms with E-state index >= 15 is 0 Å². The number of imidazole rings is 1. The minimum absolute atomic E-state index is 0.138. The fourth-order valence-corrected chi connectivity index (χ4v) is 2.21. The van der Waals surface area contributed by atoms with E-state index in [1.165, 1.54) is 0 Å². The second-order valence-corrected chi connectivity index (χ2v) is 5.87. The van der Waals surface area contributed by atoms with Crippen LogP contribution in [0.2, 0.25) is 0 Å². The fraction of sp³-hybridized carbons (Fsp3) is 0.200. The summed E-state index contributed by atoms with van der Waals surface area (Å²) in [6.45, 7) is 0.138. The minimum Gasteiger partial charge on any atom is -0.346 e. The molecule has 0 amide bonds. The molecule has 3 N–H and O–H groups in total. The SMILES string of the molecule is CS(=O)(=O)NCc1nc2cnc3[nH]ccc3c2[nH]1. The zero-order valence-corrected chi connectivity index (χ0v) is 10.4. The number of aromatic nitrogens is 4. The summed E-state index contributed by atoms with van der Waals surface area (Å²) >= 11 is 0. The van der Waals surface area contributed by atoms with E-state index in [-0.39, 0.29) is 6.54 Å². The molecule has 3 heterocycles. The van der Waals surface area contributed by atoms with Gasteiger partial charge in [0.1, 0.15) is 17.0 Å². The van der Waals surface area contributed by atoms with E-state index in [2.05, 4.69) is 24.7 Å². The lowest BCUT2D eigenvalue weighted by atomic mass is 10.3. The van der Waals surface area contributed by atoms with Gasteiger partial charge in [0.25, 0.3) is 0 Å². The molecule has 0 aliphatic rings. The Bertz CT molecular complexity index is 817. The van der Waals surface area contributed by atoms with Gasteiger partial charge in [-0.1, -0.05) is 0 Å². The molecule has 0 bridgehead atoms. The molecule has 0 spiro atoms. The average Bonchev–Trinajstić information content (AvgIpc) is 2.90. The molecule has 0 saturated heterocycles. The van der Waals surface area contributed by atoms with E-state index in [0.29, 0.717) is 11.3 Å². The molecule has 94 valence electrons. The number of nitrogens with zero attached hydrogens (tertiary/aromatic N) is 2. The highest BCUT2D eigenvalue weighted by atomic mass is 32.2. The normalized spacial score (nSPS) is 12.5. The van der Waals surface area contributed by atoms with Gasteiger partial charge in [0.05, 0.1) is 24.5 Å². The third-order valence-corrected chi connectivity index (χ3v) is 3.26. The molecule has 0 fully saturated rings. The lowest BCUT2D eigenvalue weighted by Crippen LogP contribution is -2.21. The minimum atomic E-state index is -3.22. The van der Waals surface area contributed by atoms with Crippen molar-refractivity contribution in [1.29, 1.82) is 0 Å². The smallest absolute Gasteiger partial charge is 0.209 e. The van der Waals surface area contributed by atoms with Gasteiger partial charge in [-0.15, -0.1) is 0 Å². The van der Waals surface area contributed by atoms with Crippen LogP contribution in [0.4, 0.5) is 0 Å². The number of H-pyrrole nitrogens is 2. The molecule has 0 radical (unpaired) electrons. The van der Waals surface area contributed by atoms with Crippen molar-refractivity contribution >= 4 is 32.1 Å². The lowest BCUT2D eigenvalue weighted by molar-refractivity contribution is 0.586. The standard InChI is InChI=1S/C10H11N5O2S/c1-18(16,17)13-5-8-14-7-4-12-10-6(2-3-11-10)9(7)15-8/h2-4,13H,5H2,1H3,(H,11,12)(H,14,15). The van der Waals surface area contributed by atoms with Gasteiger partial charge in [-0.2, -0.15) is 0 Å². The second kappa shape index (κ2) is 3.79. The maximum Gasteiger partial charge on any atom is 0.209 e. The molecule has 0 aliphatic heterocycles. The van der Waals surface area contributed by atoms with Crippen molar-refractivity contribution in [3.8, 4) is 0 Å². The number of sulfonamides is 1. The Kier molecular flexibility index (Phi) is 2.35. The van der Waals surface area contributed by atoms with E-state index < -0.39 is 10.0 Å². The Labute approximate surface area is 103 Å². The topological polar surface area (TPSA) is 104 Å². The molecular formula is C10H11N5O2S. The molecule has 3 rings (SSSR count). The van der Waals surface area contributed by atoms with Crippen molar-refractivity contribution in [3.05, 3.63) is 24.3 Å². The molecule has 0 aromatic carbocycles. The van der Waals surface area contributed by atoms with Crippen molar-refractivity contribution in [2.45, 2.75) is 6.54 Å². The second-order valence-electron chi connectivity index (χ2n) is 4.04. The maximum atomic E-state index is 11.0. The summed E-state index contributed by atoms with van der Waals surface area (Å²) in [5, 5.41) is 0.936. The van der Waals surface area contributed by atoms with Crippen molar-refractivity contribution in [2.75, 3.05) is 6.26 Å². The number of nitrogens with one attached hydrogen (secondary N) is 3. The van der Waals surface area contributed by atoms with Crippen LogP contribution >= 0.6 is 0 Å². The first-order valence-electron chi connectivity index (χ1n) is 5.28. The molecule has 7 nitrogen and oxygen atoms in total. The summed E-state index contributed by atoms with van der Waals surface area (Å²) in [6.07, 6.45) is 4.56. The van der Waals surface area contributed by atoms with Crippen LogP contribution in [0, 0.1) is 0 Å². The molecule has 3 aromatic rings. The predicted octanol–water partition coefficient (Wildman–Crippen LogP) is 0.488. The zero-order chi connectivity index (χ0) is 12.8. The average molecular weight is 265 g/mol. The lowest BCUT2D eigenvalue weighted by Gasteiger charge is -1.97. The summed E-state index contributed by atoms with van der Waals surface area (Å²) in [7, 11) is -3.22. The number of aromatic amines is 2. The van der Waals surface area contributed by atoms with E-state index in [1.807, 2.05) is 6.07 Å². The van der Waals surface area contributed by atoms with E-state index in [0.717, 1.165) is 22.8 Å². The molecule has 0 unspecified atom stereocenters. The first-order chi connectivity index (χ1) is 8.53. The van der Waals surface area contributed by atoms with Crippen LogP contribution < -0.4 is 4.72 Å². The van der Waals surface area contributed by atoms with Crippen molar-refractivity contribution < 1.29 is 8.42 Å². The zero-order valence-electron chi connectivity index (χ0n) is 9.56. The van der Waals surface area contributed by atoms with Gasteiger partial charge in [0.2, 0.25) is 10.0 Å². The highest BCUT2D eigenvalue weighted by Gasteiger charge is 2.09. The first kappa shape index (κ1) is 11.2. The third-order valence-electron chi connectivity index (χ3n) is 2.59. The van der Waals surface area contributed by atoms with Gasteiger partial charge in [-0.3, -0.25) is 0 Å². The Hall–Kier alpha value is -1.93. The van der Waals surface area contributed by atoms with Gasteiger partial charge in [-0.25, -0.2) is 23.1 Å². The molecule has 0 saturated carbocycles. The van der Waals surface area contributed by atoms with Gasteiger partial charge in [0.15, 0.2) is 0 Å². The molecule has 0 aliphatic carbocycles. The van der Waals surface area contributed by atoms with E-state index in [1.54, 1.807) is 12.4 Å². The molecule has 8 heteroatoms. The predicted molar refractivity (Wildman–Crippen MR) is 67.4 cm³/mol. The number of pyridine rings is 1. The Morgan fingerprint density at radius 2 is 2.28 bits per heavy atom. The monoisotopic (exact) mass is 265 g/mol. The van der Waals surface area contributed by atoms with Gasteiger partial charge < -0.3 is 9.97 Å². The van der Waals surface area contributed by atoms with E-state index in [9.17, 15) is 8.42 Å². The van der Waals surface area contributed by atoms with Crippen LogP contribution in [0.1, 0.15) is 5.82 Å². The Balaban J connectivity index is 2.05. The van der Waals surface area contributed by atoms with Crippen LogP contribution in [-0.4, -0.2) is 34.6 Å². The van der Waals surface area contributed by atoms with Crippen molar-refractivity contribution in [2.24, 2.45) is 0 Å². The Morgan fingerprint density at radius 3 is 3.06 bits per heavy atom. The summed E-state index contributed by atoms with van der Waals surface area (Å²) in [6, 6.07) is 1.90. The highest BCUT2D eigenvalue weighted by Crippen LogP contribution is 2.20. The van der Waals surface area contributed by atoms with Crippen LogP contribution in [0.3, 0.4) is 0 Å². The van der Waals surface area contributed by atoms with Gasteiger partial charge in [0, 0.05) is 11.6 Å². The summed E-state index contributed by atoms with van der Waals surface area (Å²) in [5.41, 5.74) is 2.34. The maximum absolute atomic E-state index is 11.0.